The first-order valence-electron chi connectivity index (χ1n) is 11.0. The molecule has 0 spiro atoms. The van der Waals surface area contributed by atoms with E-state index in [2.05, 4.69) is 23.6 Å². The maximum absolute atomic E-state index is 6.09. The Morgan fingerprint density at radius 1 is 1.17 bits per heavy atom. The number of nitrogens with zero attached hydrogens (tertiary/aromatic N) is 2. The van der Waals surface area contributed by atoms with Gasteiger partial charge in [0.05, 0.1) is 39.2 Å². The fourth-order valence-electron chi connectivity index (χ4n) is 4.28. The van der Waals surface area contributed by atoms with Gasteiger partial charge in [0.25, 0.3) is 0 Å². The van der Waals surface area contributed by atoms with Crippen LogP contribution in [-0.4, -0.2) is 44.6 Å². The predicted octanol–water partition coefficient (Wildman–Crippen LogP) is 3.99. The van der Waals surface area contributed by atoms with Gasteiger partial charge in [-0.3, -0.25) is 4.99 Å². The molecule has 1 saturated heterocycles. The number of aromatic nitrogens is 1. The first-order chi connectivity index (χ1) is 14.7. The van der Waals surface area contributed by atoms with Gasteiger partial charge in [0.15, 0.2) is 0 Å². The van der Waals surface area contributed by atoms with Crippen LogP contribution in [0.15, 0.2) is 29.3 Å². The molecule has 6 heteroatoms. The molecule has 2 aliphatic heterocycles. The number of benzene rings is 1. The van der Waals surface area contributed by atoms with Gasteiger partial charge in [0.1, 0.15) is 22.7 Å². The van der Waals surface area contributed by atoms with Crippen molar-refractivity contribution < 1.29 is 18.9 Å². The molecule has 0 N–H and O–H groups in total. The van der Waals surface area contributed by atoms with Crippen molar-refractivity contribution in [3.63, 3.8) is 0 Å². The molecule has 3 heterocycles. The van der Waals surface area contributed by atoms with Gasteiger partial charge in [-0.2, -0.15) is 0 Å². The summed E-state index contributed by atoms with van der Waals surface area (Å²) in [5.74, 6) is 2.58. The highest BCUT2D eigenvalue weighted by Crippen LogP contribution is 2.42. The Morgan fingerprint density at radius 2 is 2.00 bits per heavy atom. The van der Waals surface area contributed by atoms with Crippen molar-refractivity contribution in [3.05, 3.63) is 35.3 Å². The summed E-state index contributed by atoms with van der Waals surface area (Å²) in [7, 11) is 3.43. The predicted molar refractivity (Wildman–Crippen MR) is 116 cm³/mol. The molecule has 162 valence electrons. The van der Waals surface area contributed by atoms with E-state index in [4.69, 9.17) is 23.9 Å². The Hall–Kier alpha value is -2.47. The second kappa shape index (κ2) is 9.56. The van der Waals surface area contributed by atoms with E-state index < -0.39 is 0 Å². The number of hydrogen-bond acceptors (Lipinski definition) is 5. The van der Waals surface area contributed by atoms with Crippen molar-refractivity contribution >= 4 is 0 Å². The molecule has 0 saturated carbocycles. The zero-order valence-corrected chi connectivity index (χ0v) is 18.3. The number of hydrogen-bond donors (Lipinski definition) is 0. The quantitative estimate of drug-likeness (QED) is 0.616. The number of ether oxygens (including phenoxy) is 4. The summed E-state index contributed by atoms with van der Waals surface area (Å²) in [6.45, 7) is 5.23. The van der Waals surface area contributed by atoms with Crippen molar-refractivity contribution in [1.29, 1.82) is 0 Å². The lowest BCUT2D eigenvalue weighted by Crippen LogP contribution is -2.28. The van der Waals surface area contributed by atoms with Crippen molar-refractivity contribution in [2.75, 3.05) is 34.0 Å². The molecule has 1 fully saturated rings. The molecular weight excluding hydrogens is 380 g/mol. The van der Waals surface area contributed by atoms with Gasteiger partial charge in [-0.15, -0.1) is 0 Å². The van der Waals surface area contributed by atoms with E-state index in [9.17, 15) is 0 Å². The monoisotopic (exact) mass is 412 g/mol. The van der Waals surface area contributed by atoms with Crippen LogP contribution in [0.3, 0.4) is 0 Å². The van der Waals surface area contributed by atoms with Crippen LogP contribution in [0.5, 0.6) is 17.2 Å². The van der Waals surface area contributed by atoms with E-state index in [0.717, 1.165) is 79.2 Å². The van der Waals surface area contributed by atoms with E-state index in [0.29, 0.717) is 13.2 Å². The van der Waals surface area contributed by atoms with Gasteiger partial charge in [0, 0.05) is 36.4 Å². The zero-order valence-electron chi connectivity index (χ0n) is 18.3. The average molecular weight is 413 g/mol. The highest BCUT2D eigenvalue weighted by atomic mass is 16.5. The largest absolute Gasteiger partial charge is 0.496 e. The second-order valence-electron chi connectivity index (χ2n) is 7.84. The summed E-state index contributed by atoms with van der Waals surface area (Å²) in [6, 6.07) is 8.13. The van der Waals surface area contributed by atoms with Crippen LogP contribution in [0.1, 0.15) is 38.2 Å². The van der Waals surface area contributed by atoms with E-state index in [1.807, 2.05) is 12.1 Å². The summed E-state index contributed by atoms with van der Waals surface area (Å²) in [4.78, 5) is 4.95. The molecule has 0 radical (unpaired) electrons. The number of fused-ring (bicyclic) bond motifs is 3. The molecule has 2 aromatic rings. The minimum absolute atomic E-state index is 0.219. The minimum atomic E-state index is 0.219. The Labute approximate surface area is 178 Å². The molecular formula is C24H32N2O4. The van der Waals surface area contributed by atoms with Gasteiger partial charge >= 0.3 is 0 Å². The molecule has 6 nitrogen and oxygen atoms in total. The SMILES string of the molecule is CCCCOc1cc2n(c(=NCC3CCCO3)c1)CCc1c(OC)ccc(OC)c1-2. The fraction of sp³-hybridized carbons (Fsp3) is 0.542. The molecule has 1 unspecified atom stereocenters. The first-order valence-corrected chi connectivity index (χ1v) is 11.0. The third kappa shape index (κ3) is 4.19. The lowest BCUT2D eigenvalue weighted by atomic mass is 9.95. The molecule has 1 aromatic carbocycles. The minimum Gasteiger partial charge on any atom is -0.496 e. The summed E-state index contributed by atoms with van der Waals surface area (Å²) < 4.78 is 25.5. The fourth-order valence-corrected chi connectivity index (χ4v) is 4.28. The van der Waals surface area contributed by atoms with Crippen LogP contribution in [0.25, 0.3) is 11.3 Å². The third-order valence-electron chi connectivity index (χ3n) is 5.88. The normalized spacial score (nSPS) is 18.1. The van der Waals surface area contributed by atoms with Crippen LogP contribution in [0.2, 0.25) is 0 Å². The summed E-state index contributed by atoms with van der Waals surface area (Å²) >= 11 is 0. The van der Waals surface area contributed by atoms with Crippen LogP contribution in [-0.2, 0) is 17.7 Å². The van der Waals surface area contributed by atoms with Crippen LogP contribution < -0.4 is 19.7 Å². The van der Waals surface area contributed by atoms with Gasteiger partial charge in [-0.05, 0) is 37.8 Å². The zero-order chi connectivity index (χ0) is 20.9. The Bertz CT molecular complexity index is 945. The average Bonchev–Trinajstić information content (AvgIpc) is 3.30. The number of rotatable bonds is 8. The van der Waals surface area contributed by atoms with Crippen molar-refractivity contribution in [2.24, 2.45) is 4.99 Å². The Morgan fingerprint density at radius 3 is 2.73 bits per heavy atom. The highest BCUT2D eigenvalue weighted by molar-refractivity contribution is 5.76. The van der Waals surface area contributed by atoms with Gasteiger partial charge in [-0.25, -0.2) is 0 Å². The van der Waals surface area contributed by atoms with Crippen LogP contribution in [0, 0.1) is 0 Å². The summed E-state index contributed by atoms with van der Waals surface area (Å²) in [5, 5.41) is 0. The van der Waals surface area contributed by atoms with E-state index in [-0.39, 0.29) is 6.10 Å². The van der Waals surface area contributed by atoms with Crippen molar-refractivity contribution in [3.8, 4) is 28.5 Å². The maximum Gasteiger partial charge on any atom is 0.131 e. The maximum atomic E-state index is 6.09. The highest BCUT2D eigenvalue weighted by Gasteiger charge is 2.24. The van der Waals surface area contributed by atoms with E-state index in [1.165, 1.54) is 5.56 Å². The van der Waals surface area contributed by atoms with Crippen LogP contribution >= 0.6 is 0 Å². The van der Waals surface area contributed by atoms with Gasteiger partial charge < -0.3 is 23.5 Å². The van der Waals surface area contributed by atoms with Crippen LogP contribution in [0.4, 0.5) is 0 Å². The standard InChI is InChI=1S/C24H32N2O4/c1-4-5-12-30-18-14-20-24-19(21(27-2)8-9-22(24)28-3)10-11-26(20)23(15-18)25-16-17-7-6-13-29-17/h8-9,14-15,17H,4-7,10-13,16H2,1-3H3. The molecule has 1 atom stereocenters. The number of pyridine rings is 1. The topological polar surface area (TPSA) is 54.2 Å². The summed E-state index contributed by atoms with van der Waals surface area (Å²) in [6.07, 6.45) is 5.42. The lowest BCUT2D eigenvalue weighted by molar-refractivity contribution is 0.117. The number of methoxy groups -OCH3 is 2. The van der Waals surface area contributed by atoms with Crippen molar-refractivity contribution in [2.45, 2.75) is 51.7 Å². The molecule has 0 bridgehead atoms. The van der Waals surface area contributed by atoms with E-state index in [1.54, 1.807) is 14.2 Å². The Kier molecular flexibility index (Phi) is 6.62. The first kappa shape index (κ1) is 20.8. The molecule has 30 heavy (non-hydrogen) atoms. The molecule has 2 aliphatic rings. The molecule has 1 aromatic heterocycles. The second-order valence-corrected chi connectivity index (χ2v) is 7.84. The number of unbranched alkanes of at least 4 members (excludes halogenated alkanes) is 1. The lowest BCUT2D eigenvalue weighted by Gasteiger charge is -2.26. The molecule has 0 aliphatic carbocycles. The smallest absolute Gasteiger partial charge is 0.131 e. The van der Waals surface area contributed by atoms with Crippen molar-refractivity contribution in [1.82, 2.24) is 4.57 Å². The van der Waals surface area contributed by atoms with E-state index >= 15 is 0 Å². The van der Waals surface area contributed by atoms with Gasteiger partial charge in [0.2, 0.25) is 0 Å². The molecule has 4 rings (SSSR count). The summed E-state index contributed by atoms with van der Waals surface area (Å²) in [5.41, 5.74) is 4.24. The third-order valence-corrected chi connectivity index (χ3v) is 5.88. The Balaban J connectivity index is 1.82. The molecule has 0 amide bonds. The van der Waals surface area contributed by atoms with Gasteiger partial charge in [-0.1, -0.05) is 13.3 Å².